The Bertz CT molecular complexity index is 375. The molecule has 1 aromatic heterocycles. The molecule has 0 radical (unpaired) electrons. The van der Waals surface area contributed by atoms with E-state index in [9.17, 15) is 4.79 Å². The number of carbonyl (C=O) groups is 1. The van der Waals surface area contributed by atoms with Crippen LogP contribution >= 0.6 is 0 Å². The number of nitrogens with one attached hydrogen (secondary N) is 1. The monoisotopic (exact) mass is 251 g/mol. The molecule has 0 aliphatic carbocycles. The van der Waals surface area contributed by atoms with E-state index >= 15 is 0 Å². The van der Waals surface area contributed by atoms with E-state index in [4.69, 9.17) is 5.73 Å². The molecule has 1 unspecified atom stereocenters. The maximum atomic E-state index is 11.9. The summed E-state index contributed by atoms with van der Waals surface area (Å²) in [6, 6.07) is 3.20. The lowest BCUT2D eigenvalue weighted by molar-refractivity contribution is 0.0924. The molecule has 1 amide bonds. The zero-order chi connectivity index (χ0) is 13.5. The Balaban J connectivity index is 2.51. The summed E-state index contributed by atoms with van der Waals surface area (Å²) in [5, 5.41) is 10.3. The van der Waals surface area contributed by atoms with Gasteiger partial charge in [0.15, 0.2) is 5.69 Å². The number of hydrogen-bond acceptors (Lipinski definition) is 5. The van der Waals surface area contributed by atoms with Crippen LogP contribution in [0.15, 0.2) is 12.1 Å². The van der Waals surface area contributed by atoms with Gasteiger partial charge in [0.1, 0.15) is 5.82 Å². The van der Waals surface area contributed by atoms with Crippen molar-refractivity contribution in [2.45, 2.75) is 26.8 Å². The number of nitrogens with zero attached hydrogens (tertiary/aromatic N) is 3. The van der Waals surface area contributed by atoms with Crippen molar-refractivity contribution in [3.63, 3.8) is 0 Å². The van der Waals surface area contributed by atoms with Crippen LogP contribution in [0.25, 0.3) is 0 Å². The first kappa shape index (κ1) is 14.4. The zero-order valence-electron chi connectivity index (χ0n) is 11.2. The fraction of sp³-hybridized carbons (Fsp3) is 0.583. The molecule has 0 aliphatic heterocycles. The van der Waals surface area contributed by atoms with Crippen molar-refractivity contribution in [3.8, 4) is 0 Å². The number of amides is 1. The Labute approximate surface area is 108 Å². The fourth-order valence-corrected chi connectivity index (χ4v) is 1.68. The van der Waals surface area contributed by atoms with Crippen molar-refractivity contribution < 1.29 is 4.79 Å². The molecule has 6 nitrogen and oxygen atoms in total. The molecule has 0 aliphatic rings. The summed E-state index contributed by atoms with van der Waals surface area (Å²) in [7, 11) is 0. The van der Waals surface area contributed by atoms with Crippen molar-refractivity contribution in [1.29, 1.82) is 0 Å². The van der Waals surface area contributed by atoms with Gasteiger partial charge in [-0.05, 0) is 32.1 Å². The van der Waals surface area contributed by atoms with Crippen LogP contribution in [0.3, 0.4) is 0 Å². The molecule has 1 heterocycles. The van der Waals surface area contributed by atoms with Crippen LogP contribution in [-0.2, 0) is 0 Å². The Morgan fingerprint density at radius 1 is 1.39 bits per heavy atom. The lowest BCUT2D eigenvalue weighted by atomic mass is 10.2. The van der Waals surface area contributed by atoms with E-state index < -0.39 is 0 Å². The van der Waals surface area contributed by atoms with Crippen molar-refractivity contribution in [2.24, 2.45) is 0 Å². The minimum Gasteiger partial charge on any atom is -0.382 e. The molecule has 3 N–H and O–H groups in total. The molecular formula is C12H21N5O. The molecule has 0 fully saturated rings. The first-order valence-corrected chi connectivity index (χ1v) is 6.19. The molecule has 0 saturated carbocycles. The smallest absolute Gasteiger partial charge is 0.272 e. The van der Waals surface area contributed by atoms with Crippen molar-refractivity contribution in [2.75, 3.05) is 25.4 Å². The average molecular weight is 251 g/mol. The second-order valence-corrected chi connectivity index (χ2v) is 4.20. The summed E-state index contributed by atoms with van der Waals surface area (Å²) in [4.78, 5) is 14.1. The molecule has 6 heteroatoms. The summed E-state index contributed by atoms with van der Waals surface area (Å²) in [5.74, 6) is 0.0879. The van der Waals surface area contributed by atoms with Gasteiger partial charge < -0.3 is 16.0 Å². The number of anilines is 1. The Hall–Kier alpha value is -1.69. The van der Waals surface area contributed by atoms with Crippen molar-refractivity contribution in [1.82, 2.24) is 20.4 Å². The third-order valence-electron chi connectivity index (χ3n) is 2.72. The maximum absolute atomic E-state index is 11.9. The highest BCUT2D eigenvalue weighted by atomic mass is 16.2. The molecule has 0 saturated heterocycles. The van der Waals surface area contributed by atoms with Crippen molar-refractivity contribution >= 4 is 11.7 Å². The normalized spacial score (nSPS) is 12.4. The Morgan fingerprint density at radius 2 is 2.06 bits per heavy atom. The predicted molar refractivity (Wildman–Crippen MR) is 71.2 cm³/mol. The van der Waals surface area contributed by atoms with Crippen LogP contribution in [0.4, 0.5) is 5.82 Å². The summed E-state index contributed by atoms with van der Waals surface area (Å²) in [6.45, 7) is 8.94. The summed E-state index contributed by atoms with van der Waals surface area (Å²) < 4.78 is 0. The number of hydrogen-bond donors (Lipinski definition) is 2. The number of rotatable bonds is 6. The standard InChI is InChI=1S/C12H21N5O/c1-4-17(5-2)8-9(3)14-12(18)10-6-7-11(13)16-15-10/h6-7,9H,4-5,8H2,1-3H3,(H2,13,16)(H,14,18). The quantitative estimate of drug-likeness (QED) is 0.770. The third-order valence-corrected chi connectivity index (χ3v) is 2.72. The van der Waals surface area contributed by atoms with E-state index in [1.54, 1.807) is 12.1 Å². The maximum Gasteiger partial charge on any atom is 0.272 e. The summed E-state index contributed by atoms with van der Waals surface area (Å²) >= 11 is 0. The second kappa shape index (κ2) is 6.90. The van der Waals surface area contributed by atoms with Crippen LogP contribution in [-0.4, -0.2) is 46.7 Å². The molecule has 0 bridgehead atoms. The Morgan fingerprint density at radius 3 is 2.56 bits per heavy atom. The fourth-order valence-electron chi connectivity index (χ4n) is 1.68. The SMILES string of the molecule is CCN(CC)CC(C)NC(=O)c1ccc(N)nn1. The second-order valence-electron chi connectivity index (χ2n) is 4.20. The van der Waals surface area contributed by atoms with Crippen LogP contribution in [0.5, 0.6) is 0 Å². The molecular weight excluding hydrogens is 230 g/mol. The van der Waals surface area contributed by atoms with Gasteiger partial charge in [0.25, 0.3) is 5.91 Å². The van der Waals surface area contributed by atoms with Gasteiger partial charge in [-0.2, -0.15) is 0 Å². The largest absolute Gasteiger partial charge is 0.382 e. The molecule has 100 valence electrons. The lowest BCUT2D eigenvalue weighted by Gasteiger charge is -2.23. The highest BCUT2D eigenvalue weighted by Gasteiger charge is 2.13. The van der Waals surface area contributed by atoms with Gasteiger partial charge in [0.05, 0.1) is 0 Å². The lowest BCUT2D eigenvalue weighted by Crippen LogP contribution is -2.42. The van der Waals surface area contributed by atoms with Crippen LogP contribution in [0.1, 0.15) is 31.3 Å². The first-order chi connectivity index (χ1) is 8.56. The zero-order valence-corrected chi connectivity index (χ0v) is 11.2. The number of carbonyl (C=O) groups excluding carboxylic acids is 1. The average Bonchev–Trinajstić information content (AvgIpc) is 2.36. The van der Waals surface area contributed by atoms with Gasteiger partial charge in [-0.3, -0.25) is 4.79 Å². The number of nitrogens with two attached hydrogens (primary N) is 1. The minimum atomic E-state index is -0.220. The third kappa shape index (κ3) is 4.29. The summed E-state index contributed by atoms with van der Waals surface area (Å²) in [6.07, 6.45) is 0. The predicted octanol–water partition coefficient (Wildman–Crippen LogP) is 0.519. The molecule has 1 aromatic rings. The van der Waals surface area contributed by atoms with Gasteiger partial charge >= 0.3 is 0 Å². The number of nitrogen functional groups attached to an aromatic ring is 1. The summed E-state index contributed by atoms with van der Waals surface area (Å²) in [5.41, 5.74) is 5.71. The molecule has 18 heavy (non-hydrogen) atoms. The number of aromatic nitrogens is 2. The van der Waals surface area contributed by atoms with E-state index in [0.717, 1.165) is 19.6 Å². The van der Waals surface area contributed by atoms with E-state index in [-0.39, 0.29) is 17.6 Å². The molecule has 0 aromatic carbocycles. The topological polar surface area (TPSA) is 84.1 Å². The van der Waals surface area contributed by atoms with E-state index in [1.165, 1.54) is 0 Å². The van der Waals surface area contributed by atoms with Gasteiger partial charge in [0, 0.05) is 12.6 Å². The highest BCUT2D eigenvalue weighted by molar-refractivity contribution is 5.92. The van der Waals surface area contributed by atoms with Gasteiger partial charge in [-0.1, -0.05) is 13.8 Å². The molecule has 1 rings (SSSR count). The number of likely N-dealkylation sites (N-methyl/N-ethyl adjacent to an activating group) is 1. The Kier molecular flexibility index (Phi) is 5.51. The van der Waals surface area contributed by atoms with E-state index in [1.807, 2.05) is 6.92 Å². The first-order valence-electron chi connectivity index (χ1n) is 6.19. The van der Waals surface area contributed by atoms with Gasteiger partial charge in [-0.25, -0.2) is 0 Å². The minimum absolute atomic E-state index is 0.0664. The van der Waals surface area contributed by atoms with Crippen molar-refractivity contribution in [3.05, 3.63) is 17.8 Å². The van der Waals surface area contributed by atoms with Gasteiger partial charge in [-0.15, -0.1) is 10.2 Å². The van der Waals surface area contributed by atoms with Crippen LogP contribution < -0.4 is 11.1 Å². The van der Waals surface area contributed by atoms with Crippen LogP contribution in [0, 0.1) is 0 Å². The molecule has 1 atom stereocenters. The van der Waals surface area contributed by atoms with Crippen LogP contribution in [0.2, 0.25) is 0 Å². The van der Waals surface area contributed by atoms with E-state index in [2.05, 4.69) is 34.3 Å². The van der Waals surface area contributed by atoms with Gasteiger partial charge in [0.2, 0.25) is 0 Å². The highest BCUT2D eigenvalue weighted by Crippen LogP contribution is 1.98. The van der Waals surface area contributed by atoms with E-state index in [0.29, 0.717) is 5.82 Å². The molecule has 0 spiro atoms.